The van der Waals surface area contributed by atoms with Crippen LogP contribution >= 0.6 is 0 Å². The van der Waals surface area contributed by atoms with E-state index in [0.29, 0.717) is 11.7 Å². The van der Waals surface area contributed by atoms with Crippen molar-refractivity contribution in [2.24, 2.45) is 0 Å². The van der Waals surface area contributed by atoms with Gasteiger partial charge in [0.25, 0.3) is 5.91 Å². The van der Waals surface area contributed by atoms with Crippen molar-refractivity contribution in [3.63, 3.8) is 0 Å². The average molecular weight is 222 g/mol. The lowest BCUT2D eigenvalue weighted by Gasteiger charge is -2.28. The third-order valence-corrected chi connectivity index (χ3v) is 2.86. The van der Waals surface area contributed by atoms with E-state index in [0.717, 1.165) is 18.8 Å². The van der Waals surface area contributed by atoms with Gasteiger partial charge >= 0.3 is 0 Å². The van der Waals surface area contributed by atoms with Crippen molar-refractivity contribution >= 4 is 5.91 Å². The van der Waals surface area contributed by atoms with Crippen LogP contribution in [0.1, 0.15) is 29.1 Å². The highest BCUT2D eigenvalue weighted by Gasteiger charge is 2.23. The molecule has 0 N–H and O–H groups in total. The van der Waals surface area contributed by atoms with Crippen LogP contribution in [0.5, 0.6) is 0 Å². The number of nitrogens with zero attached hydrogens (tertiary/aromatic N) is 4. The molecule has 2 heterocycles. The highest BCUT2D eigenvalue weighted by molar-refractivity contribution is 5.92. The normalized spacial score (nSPS) is 20.6. The second-order valence-electron chi connectivity index (χ2n) is 4.71. The smallest absolute Gasteiger partial charge is 0.273 e. The first-order valence-corrected chi connectivity index (χ1v) is 5.47. The molecule has 1 aromatic heterocycles. The Labute approximate surface area is 95.6 Å². The van der Waals surface area contributed by atoms with Crippen molar-refractivity contribution in [2.45, 2.75) is 19.5 Å². The van der Waals surface area contributed by atoms with Gasteiger partial charge in [-0.15, -0.1) is 0 Å². The minimum absolute atomic E-state index is 0.0308. The molecule has 1 aliphatic heterocycles. The molecule has 16 heavy (non-hydrogen) atoms. The van der Waals surface area contributed by atoms with Gasteiger partial charge in [-0.05, 0) is 20.0 Å². The van der Waals surface area contributed by atoms with Gasteiger partial charge in [0.05, 0.1) is 11.7 Å². The molecule has 5 nitrogen and oxygen atoms in total. The fraction of sp³-hybridized carbons (Fsp3) is 0.636. The fourth-order valence-corrected chi connectivity index (χ4v) is 2.14. The Morgan fingerprint density at radius 1 is 1.56 bits per heavy atom. The first kappa shape index (κ1) is 11.1. The third-order valence-electron chi connectivity index (χ3n) is 2.86. The minimum atomic E-state index is -0.0308. The Morgan fingerprint density at radius 3 is 2.88 bits per heavy atom. The maximum absolute atomic E-state index is 11.8. The van der Waals surface area contributed by atoms with E-state index in [1.807, 2.05) is 10.7 Å². The number of fused-ring (bicyclic) bond motifs is 1. The zero-order valence-corrected chi connectivity index (χ0v) is 10.3. The number of rotatable bonds is 1. The average Bonchev–Trinajstić information content (AvgIpc) is 2.60. The summed E-state index contributed by atoms with van der Waals surface area (Å²) < 4.78 is 1.97. The summed E-state index contributed by atoms with van der Waals surface area (Å²) in [5.74, 6) is -0.0308. The van der Waals surface area contributed by atoms with Crippen LogP contribution in [0.25, 0.3) is 0 Å². The molecule has 0 fully saturated rings. The summed E-state index contributed by atoms with van der Waals surface area (Å²) in [4.78, 5) is 15.6. The summed E-state index contributed by atoms with van der Waals surface area (Å²) >= 11 is 0. The van der Waals surface area contributed by atoms with E-state index in [1.165, 1.54) is 0 Å². The molecule has 1 unspecified atom stereocenters. The van der Waals surface area contributed by atoms with Gasteiger partial charge in [0, 0.05) is 27.2 Å². The number of hydrogen-bond acceptors (Lipinski definition) is 3. The molecule has 2 rings (SSSR count). The standard InChI is InChI=1S/C11H18N4O/c1-8-6-14(4)7-9-5-10(12-15(8)9)11(16)13(2)3/h5,8H,6-7H2,1-4H3. The van der Waals surface area contributed by atoms with Crippen LogP contribution in [0.3, 0.4) is 0 Å². The van der Waals surface area contributed by atoms with Crippen LogP contribution in [0, 0.1) is 0 Å². The van der Waals surface area contributed by atoms with Crippen molar-refractivity contribution in [3.05, 3.63) is 17.5 Å². The predicted molar refractivity (Wildman–Crippen MR) is 61.3 cm³/mol. The zero-order chi connectivity index (χ0) is 11.9. The Kier molecular flexibility index (Phi) is 2.71. The first-order valence-electron chi connectivity index (χ1n) is 5.47. The minimum Gasteiger partial charge on any atom is -0.343 e. The third kappa shape index (κ3) is 1.82. The molecule has 0 saturated heterocycles. The number of aromatic nitrogens is 2. The van der Waals surface area contributed by atoms with Crippen molar-refractivity contribution in [3.8, 4) is 0 Å². The maximum atomic E-state index is 11.8. The highest BCUT2D eigenvalue weighted by Crippen LogP contribution is 2.20. The van der Waals surface area contributed by atoms with Gasteiger partial charge in [-0.2, -0.15) is 5.10 Å². The van der Waals surface area contributed by atoms with Crippen molar-refractivity contribution < 1.29 is 4.79 Å². The number of hydrogen-bond donors (Lipinski definition) is 0. The largest absolute Gasteiger partial charge is 0.343 e. The highest BCUT2D eigenvalue weighted by atomic mass is 16.2. The summed E-state index contributed by atoms with van der Waals surface area (Å²) in [5, 5.41) is 4.39. The van der Waals surface area contributed by atoms with Gasteiger partial charge in [0.15, 0.2) is 5.69 Å². The Bertz CT molecular complexity index is 410. The van der Waals surface area contributed by atoms with Gasteiger partial charge in [-0.1, -0.05) is 0 Å². The fourth-order valence-electron chi connectivity index (χ4n) is 2.14. The van der Waals surface area contributed by atoms with Gasteiger partial charge in [0.2, 0.25) is 0 Å². The van der Waals surface area contributed by atoms with E-state index in [-0.39, 0.29) is 5.91 Å². The molecule has 1 aliphatic rings. The summed E-state index contributed by atoms with van der Waals surface area (Å²) in [7, 11) is 5.58. The molecule has 0 spiro atoms. The van der Waals surface area contributed by atoms with Crippen LogP contribution in [0.15, 0.2) is 6.07 Å². The lowest BCUT2D eigenvalue weighted by atomic mass is 10.2. The monoisotopic (exact) mass is 222 g/mol. The van der Waals surface area contributed by atoms with E-state index < -0.39 is 0 Å². The number of likely N-dealkylation sites (N-methyl/N-ethyl adjacent to an activating group) is 1. The lowest BCUT2D eigenvalue weighted by Crippen LogP contribution is -2.33. The maximum Gasteiger partial charge on any atom is 0.273 e. The molecule has 0 radical (unpaired) electrons. The van der Waals surface area contributed by atoms with Crippen LogP contribution in [-0.4, -0.2) is 53.2 Å². The van der Waals surface area contributed by atoms with Gasteiger partial charge in [-0.3, -0.25) is 14.4 Å². The number of carbonyl (C=O) groups excluding carboxylic acids is 1. The molecule has 0 saturated carbocycles. The molecule has 0 aromatic carbocycles. The Balaban J connectivity index is 2.33. The quantitative estimate of drug-likeness (QED) is 0.698. The van der Waals surface area contributed by atoms with Gasteiger partial charge < -0.3 is 4.90 Å². The summed E-state index contributed by atoms with van der Waals surface area (Å²) in [5.41, 5.74) is 1.66. The topological polar surface area (TPSA) is 41.4 Å². The molecule has 0 aliphatic carbocycles. The lowest BCUT2D eigenvalue weighted by molar-refractivity contribution is 0.0820. The van der Waals surface area contributed by atoms with E-state index >= 15 is 0 Å². The Morgan fingerprint density at radius 2 is 2.25 bits per heavy atom. The summed E-state index contributed by atoms with van der Waals surface area (Å²) in [6.45, 7) is 3.96. The second kappa shape index (κ2) is 3.90. The van der Waals surface area contributed by atoms with Crippen molar-refractivity contribution in [2.75, 3.05) is 27.7 Å². The molecular formula is C11H18N4O. The van der Waals surface area contributed by atoms with Crippen LogP contribution in [0.2, 0.25) is 0 Å². The van der Waals surface area contributed by atoms with Gasteiger partial charge in [-0.25, -0.2) is 0 Å². The predicted octanol–water partition coefficient (Wildman–Crippen LogP) is 0.591. The SMILES string of the molecule is CC1CN(C)Cc2cc(C(=O)N(C)C)nn21. The summed E-state index contributed by atoms with van der Waals surface area (Å²) in [6.07, 6.45) is 0. The van der Waals surface area contributed by atoms with E-state index in [9.17, 15) is 4.79 Å². The van der Waals surface area contributed by atoms with E-state index in [2.05, 4.69) is 24.0 Å². The molecule has 0 bridgehead atoms. The van der Waals surface area contributed by atoms with E-state index in [1.54, 1.807) is 19.0 Å². The van der Waals surface area contributed by atoms with E-state index in [4.69, 9.17) is 0 Å². The molecule has 1 aromatic rings. The molecule has 88 valence electrons. The van der Waals surface area contributed by atoms with Crippen molar-refractivity contribution in [1.29, 1.82) is 0 Å². The first-order chi connectivity index (χ1) is 7.49. The molecular weight excluding hydrogens is 204 g/mol. The molecule has 5 heteroatoms. The van der Waals surface area contributed by atoms with Crippen LogP contribution < -0.4 is 0 Å². The molecule has 1 atom stereocenters. The Hall–Kier alpha value is -1.36. The van der Waals surface area contributed by atoms with Gasteiger partial charge in [0.1, 0.15) is 0 Å². The van der Waals surface area contributed by atoms with Crippen LogP contribution in [-0.2, 0) is 6.54 Å². The van der Waals surface area contributed by atoms with Crippen molar-refractivity contribution in [1.82, 2.24) is 19.6 Å². The second-order valence-corrected chi connectivity index (χ2v) is 4.71. The summed E-state index contributed by atoms with van der Waals surface area (Å²) in [6, 6.07) is 2.23. The zero-order valence-electron chi connectivity index (χ0n) is 10.3. The number of carbonyl (C=O) groups is 1. The number of amides is 1. The molecule has 1 amide bonds. The van der Waals surface area contributed by atoms with Crippen LogP contribution in [0.4, 0.5) is 0 Å².